The van der Waals surface area contributed by atoms with Crippen molar-refractivity contribution in [3.8, 4) is 0 Å². The van der Waals surface area contributed by atoms with E-state index in [2.05, 4.69) is 0 Å². The van der Waals surface area contributed by atoms with Gasteiger partial charge in [0.05, 0.1) is 0 Å². The van der Waals surface area contributed by atoms with Gasteiger partial charge in [-0.2, -0.15) is 4.31 Å². The van der Waals surface area contributed by atoms with E-state index in [0.717, 1.165) is 16.4 Å². The predicted molar refractivity (Wildman–Crippen MR) is 67.4 cm³/mol. The minimum absolute atomic E-state index is 0.152. The van der Waals surface area contributed by atoms with Crippen LogP contribution in [0, 0.1) is 5.82 Å². The average Bonchev–Trinajstić information content (AvgIpc) is 2.29. The molecule has 0 saturated carbocycles. The topological polar surface area (TPSA) is 80.5 Å². The number of halogens is 1. The Morgan fingerprint density at radius 1 is 1.28 bits per heavy atom. The summed E-state index contributed by atoms with van der Waals surface area (Å²) in [5.41, 5.74) is 5.55. The van der Waals surface area contributed by atoms with Gasteiger partial charge in [0.2, 0.25) is 10.0 Å². The van der Waals surface area contributed by atoms with Crippen molar-refractivity contribution < 1.29 is 17.0 Å². The molecular formula is C10H13FN2O3S2. The van der Waals surface area contributed by atoms with E-state index < -0.39 is 26.6 Å². The highest BCUT2D eigenvalue weighted by Gasteiger charge is 2.30. The lowest BCUT2D eigenvalue weighted by Gasteiger charge is -2.25. The molecule has 0 spiro atoms. The molecule has 0 bridgehead atoms. The summed E-state index contributed by atoms with van der Waals surface area (Å²) in [6.45, 7) is 0.303. The normalized spacial score (nSPS) is 18.9. The Hall–Kier alpha value is -0.990. The Morgan fingerprint density at radius 3 is 2.44 bits per heavy atom. The molecule has 100 valence electrons. The van der Waals surface area contributed by atoms with Crippen molar-refractivity contribution in [3.63, 3.8) is 0 Å². The van der Waals surface area contributed by atoms with Crippen molar-refractivity contribution in [2.45, 2.75) is 4.90 Å². The number of sulfonamides is 1. The fraction of sp³-hybridized carbons (Fsp3) is 0.400. The summed E-state index contributed by atoms with van der Waals surface area (Å²) in [5.74, 6) is -0.284. The van der Waals surface area contributed by atoms with Crippen LogP contribution in [0.2, 0.25) is 0 Å². The first-order valence-electron chi connectivity index (χ1n) is 5.31. The van der Waals surface area contributed by atoms with Gasteiger partial charge in [0, 0.05) is 41.1 Å². The molecule has 0 unspecified atom stereocenters. The fourth-order valence-electron chi connectivity index (χ4n) is 1.73. The van der Waals surface area contributed by atoms with Crippen LogP contribution in [0.1, 0.15) is 0 Å². The molecule has 2 N–H and O–H groups in total. The maximum Gasteiger partial charge on any atom is 0.246 e. The molecule has 1 heterocycles. The quantitative estimate of drug-likeness (QED) is 0.787. The second-order valence-electron chi connectivity index (χ2n) is 3.94. The van der Waals surface area contributed by atoms with Gasteiger partial charge in [0.1, 0.15) is 10.7 Å². The Balaban J connectivity index is 2.33. The van der Waals surface area contributed by atoms with Crippen LogP contribution in [0.5, 0.6) is 0 Å². The Bertz CT molecular complexity index is 579. The van der Waals surface area contributed by atoms with Gasteiger partial charge in [-0.05, 0) is 18.2 Å². The molecule has 0 amide bonds. The molecule has 0 atom stereocenters. The fourth-order valence-corrected chi connectivity index (χ4v) is 4.50. The van der Waals surface area contributed by atoms with E-state index in [4.69, 9.17) is 5.73 Å². The molecule has 18 heavy (non-hydrogen) atoms. The summed E-state index contributed by atoms with van der Waals surface area (Å²) in [7, 11) is -4.85. The lowest BCUT2D eigenvalue weighted by Crippen LogP contribution is -2.41. The van der Waals surface area contributed by atoms with Crippen LogP contribution >= 0.6 is 0 Å². The smallest absolute Gasteiger partial charge is 0.246 e. The second kappa shape index (κ2) is 4.94. The van der Waals surface area contributed by atoms with Crippen molar-refractivity contribution in [3.05, 3.63) is 24.0 Å². The highest BCUT2D eigenvalue weighted by atomic mass is 32.2. The minimum atomic E-state index is -3.86. The van der Waals surface area contributed by atoms with E-state index in [1.54, 1.807) is 0 Å². The van der Waals surface area contributed by atoms with Crippen LogP contribution in [-0.2, 0) is 20.8 Å². The average molecular weight is 292 g/mol. The monoisotopic (exact) mass is 292 g/mol. The van der Waals surface area contributed by atoms with Gasteiger partial charge in [-0.1, -0.05) is 0 Å². The Labute approximate surface area is 107 Å². The molecule has 0 aromatic heterocycles. The molecule has 8 heteroatoms. The standard InChI is InChI=1S/C10H13FN2O3S2/c11-9-7-8(12)1-2-10(9)18(15,16)13-3-5-17(14)6-4-13/h1-2,7H,3-6,12H2. The summed E-state index contributed by atoms with van der Waals surface area (Å²) >= 11 is 0. The number of benzene rings is 1. The molecule has 0 radical (unpaired) electrons. The molecule has 2 rings (SSSR count). The summed E-state index contributed by atoms with van der Waals surface area (Å²) in [4.78, 5) is -0.385. The molecule has 0 aliphatic carbocycles. The van der Waals surface area contributed by atoms with Gasteiger partial charge in [-0.15, -0.1) is 0 Å². The summed E-state index contributed by atoms with van der Waals surface area (Å²) in [6, 6.07) is 3.48. The maximum atomic E-state index is 13.6. The number of nitrogens with two attached hydrogens (primary N) is 1. The molecule has 1 aromatic rings. The molecule has 1 aromatic carbocycles. The summed E-state index contributed by atoms with van der Waals surface area (Å²) in [5, 5.41) is 0. The molecular weight excluding hydrogens is 279 g/mol. The molecule has 1 saturated heterocycles. The van der Waals surface area contributed by atoms with Crippen molar-refractivity contribution in [1.82, 2.24) is 4.31 Å². The number of nitrogens with zero attached hydrogens (tertiary/aromatic N) is 1. The van der Waals surface area contributed by atoms with Crippen LogP contribution in [0.3, 0.4) is 0 Å². The van der Waals surface area contributed by atoms with Gasteiger partial charge in [-0.3, -0.25) is 4.21 Å². The minimum Gasteiger partial charge on any atom is -0.399 e. The van der Waals surface area contributed by atoms with E-state index in [0.29, 0.717) is 0 Å². The van der Waals surface area contributed by atoms with Crippen molar-refractivity contribution in [2.75, 3.05) is 30.3 Å². The lowest BCUT2D eigenvalue weighted by atomic mass is 10.3. The number of anilines is 1. The third-order valence-corrected chi connectivity index (χ3v) is 5.92. The van der Waals surface area contributed by atoms with E-state index in [9.17, 15) is 17.0 Å². The zero-order valence-corrected chi connectivity index (χ0v) is 11.1. The first-order valence-corrected chi connectivity index (χ1v) is 8.24. The van der Waals surface area contributed by atoms with E-state index in [1.807, 2.05) is 0 Å². The number of nitrogen functional groups attached to an aromatic ring is 1. The largest absolute Gasteiger partial charge is 0.399 e. The second-order valence-corrected chi connectivity index (χ2v) is 7.54. The van der Waals surface area contributed by atoms with Crippen LogP contribution in [0.25, 0.3) is 0 Å². The van der Waals surface area contributed by atoms with Gasteiger partial charge in [0.15, 0.2) is 0 Å². The zero-order chi connectivity index (χ0) is 13.3. The number of rotatable bonds is 2. The summed E-state index contributed by atoms with van der Waals surface area (Å²) < 4.78 is 50.3. The van der Waals surface area contributed by atoms with Crippen molar-refractivity contribution in [1.29, 1.82) is 0 Å². The molecule has 5 nitrogen and oxygen atoms in total. The van der Waals surface area contributed by atoms with E-state index in [-0.39, 0.29) is 35.2 Å². The highest BCUT2D eigenvalue weighted by molar-refractivity contribution is 7.89. The van der Waals surface area contributed by atoms with E-state index in [1.165, 1.54) is 6.07 Å². The Kier molecular flexibility index (Phi) is 3.69. The van der Waals surface area contributed by atoms with Crippen molar-refractivity contribution in [2.24, 2.45) is 0 Å². The SMILES string of the molecule is Nc1ccc(S(=O)(=O)N2CCS(=O)CC2)c(F)c1. The zero-order valence-electron chi connectivity index (χ0n) is 9.50. The van der Waals surface area contributed by atoms with E-state index >= 15 is 0 Å². The van der Waals surface area contributed by atoms with Crippen molar-refractivity contribution >= 4 is 26.5 Å². The van der Waals surface area contributed by atoms with Gasteiger partial charge >= 0.3 is 0 Å². The lowest BCUT2D eigenvalue weighted by molar-refractivity contribution is 0.434. The third kappa shape index (κ3) is 2.55. The van der Waals surface area contributed by atoms with Crippen LogP contribution in [0.4, 0.5) is 10.1 Å². The van der Waals surface area contributed by atoms with Gasteiger partial charge < -0.3 is 5.73 Å². The molecule has 1 aliphatic rings. The van der Waals surface area contributed by atoms with Crippen LogP contribution in [-0.4, -0.2) is 41.5 Å². The first-order chi connectivity index (χ1) is 8.41. The molecule has 1 fully saturated rings. The van der Waals surface area contributed by atoms with Crippen LogP contribution in [0.15, 0.2) is 23.1 Å². The first kappa shape index (κ1) is 13.4. The third-order valence-electron chi connectivity index (χ3n) is 2.71. The summed E-state index contributed by atoms with van der Waals surface area (Å²) in [6.07, 6.45) is 0. The van der Waals surface area contributed by atoms with Crippen LogP contribution < -0.4 is 5.73 Å². The highest BCUT2D eigenvalue weighted by Crippen LogP contribution is 2.22. The van der Waals surface area contributed by atoms with Gasteiger partial charge in [0.25, 0.3) is 0 Å². The molecule has 1 aliphatic heterocycles. The Morgan fingerprint density at radius 2 is 1.89 bits per heavy atom. The number of hydrogen-bond donors (Lipinski definition) is 1. The number of hydrogen-bond acceptors (Lipinski definition) is 4. The maximum absolute atomic E-state index is 13.6. The predicted octanol–water partition coefficient (Wildman–Crippen LogP) is 0.161. The van der Waals surface area contributed by atoms with Gasteiger partial charge in [-0.25, -0.2) is 12.8 Å².